The van der Waals surface area contributed by atoms with Crippen LogP contribution in [0.5, 0.6) is 11.5 Å². The maximum absolute atomic E-state index is 12.1. The molecule has 0 fully saturated rings. The van der Waals surface area contributed by atoms with E-state index in [9.17, 15) is 4.79 Å². The summed E-state index contributed by atoms with van der Waals surface area (Å²) in [4.78, 5) is 12.1. The average Bonchev–Trinajstić information content (AvgIpc) is 2.94. The lowest BCUT2D eigenvalue weighted by Gasteiger charge is -2.16. The number of nitrogens with zero attached hydrogens (tertiary/aromatic N) is 1. The SMILES string of the molecule is CCOc1ccc([C@H](C)NC(=O)c2cc(C)no2)cc1OC. The molecular weight excluding hydrogens is 284 g/mol. The van der Waals surface area contributed by atoms with Crippen molar-refractivity contribution in [2.75, 3.05) is 13.7 Å². The molecule has 1 N–H and O–H groups in total. The maximum Gasteiger partial charge on any atom is 0.290 e. The third-order valence-corrected chi connectivity index (χ3v) is 3.19. The van der Waals surface area contributed by atoms with Gasteiger partial charge in [-0.1, -0.05) is 11.2 Å². The molecule has 1 heterocycles. The standard InChI is InChI=1S/C16H20N2O4/c1-5-21-13-7-6-12(9-14(13)20-4)11(3)17-16(19)15-8-10(2)18-22-15/h6-9,11H,5H2,1-4H3,(H,17,19)/t11-/m0/s1. The Morgan fingerprint density at radius 3 is 2.73 bits per heavy atom. The molecule has 1 amide bonds. The van der Waals surface area contributed by atoms with Crippen LogP contribution < -0.4 is 14.8 Å². The summed E-state index contributed by atoms with van der Waals surface area (Å²) in [6, 6.07) is 6.97. The van der Waals surface area contributed by atoms with Crippen LogP contribution in [0.2, 0.25) is 0 Å². The number of hydrogen-bond acceptors (Lipinski definition) is 5. The van der Waals surface area contributed by atoms with Gasteiger partial charge in [-0.2, -0.15) is 0 Å². The van der Waals surface area contributed by atoms with E-state index in [0.717, 1.165) is 5.56 Å². The number of amides is 1. The van der Waals surface area contributed by atoms with Crippen LogP contribution in [0, 0.1) is 6.92 Å². The molecule has 0 aliphatic carbocycles. The van der Waals surface area contributed by atoms with E-state index in [0.29, 0.717) is 23.8 Å². The molecule has 118 valence electrons. The van der Waals surface area contributed by atoms with Crippen molar-refractivity contribution in [3.05, 3.63) is 41.3 Å². The first-order valence-corrected chi connectivity index (χ1v) is 7.10. The Morgan fingerprint density at radius 1 is 1.36 bits per heavy atom. The number of ether oxygens (including phenoxy) is 2. The molecule has 22 heavy (non-hydrogen) atoms. The van der Waals surface area contributed by atoms with Gasteiger partial charge in [0.15, 0.2) is 11.5 Å². The molecule has 0 saturated carbocycles. The Bertz CT molecular complexity index is 651. The van der Waals surface area contributed by atoms with Crippen LogP contribution in [0.3, 0.4) is 0 Å². The van der Waals surface area contributed by atoms with E-state index in [1.54, 1.807) is 20.1 Å². The minimum Gasteiger partial charge on any atom is -0.493 e. The second-order valence-electron chi connectivity index (χ2n) is 4.87. The molecule has 0 bridgehead atoms. The first kappa shape index (κ1) is 15.9. The van der Waals surface area contributed by atoms with Crippen molar-refractivity contribution >= 4 is 5.91 Å². The molecule has 0 unspecified atom stereocenters. The second-order valence-corrected chi connectivity index (χ2v) is 4.87. The highest BCUT2D eigenvalue weighted by atomic mass is 16.5. The predicted molar refractivity (Wildman–Crippen MR) is 81.3 cm³/mol. The average molecular weight is 304 g/mol. The molecule has 2 rings (SSSR count). The summed E-state index contributed by atoms with van der Waals surface area (Å²) < 4.78 is 15.7. The lowest BCUT2D eigenvalue weighted by molar-refractivity contribution is 0.0902. The summed E-state index contributed by atoms with van der Waals surface area (Å²) in [6.07, 6.45) is 0. The predicted octanol–water partition coefficient (Wildman–Crippen LogP) is 2.88. The van der Waals surface area contributed by atoms with Crippen LogP contribution in [0.4, 0.5) is 0 Å². The number of hydrogen-bond donors (Lipinski definition) is 1. The third-order valence-electron chi connectivity index (χ3n) is 3.19. The van der Waals surface area contributed by atoms with Crippen LogP contribution in [0.15, 0.2) is 28.8 Å². The summed E-state index contributed by atoms with van der Waals surface area (Å²) in [5.41, 5.74) is 1.57. The highest BCUT2D eigenvalue weighted by Crippen LogP contribution is 2.30. The topological polar surface area (TPSA) is 73.6 Å². The third kappa shape index (κ3) is 3.58. The second kappa shape index (κ2) is 6.98. The molecule has 1 atom stereocenters. The van der Waals surface area contributed by atoms with Crippen LogP contribution in [0.1, 0.15) is 41.7 Å². The molecule has 1 aromatic carbocycles. The summed E-state index contributed by atoms with van der Waals surface area (Å²) in [5.74, 6) is 1.21. The van der Waals surface area contributed by atoms with Crippen LogP contribution in [0.25, 0.3) is 0 Å². The molecule has 2 aromatic rings. The number of carbonyl (C=O) groups excluding carboxylic acids is 1. The zero-order valence-electron chi connectivity index (χ0n) is 13.2. The Kier molecular flexibility index (Phi) is 5.04. The summed E-state index contributed by atoms with van der Waals surface area (Å²) >= 11 is 0. The number of benzene rings is 1. The van der Waals surface area contributed by atoms with Crippen molar-refractivity contribution < 1.29 is 18.8 Å². The number of methoxy groups -OCH3 is 1. The van der Waals surface area contributed by atoms with Crippen molar-refractivity contribution in [3.63, 3.8) is 0 Å². The van der Waals surface area contributed by atoms with Gasteiger partial charge in [-0.25, -0.2) is 0 Å². The summed E-state index contributed by atoms with van der Waals surface area (Å²) in [5, 5.41) is 6.56. The van der Waals surface area contributed by atoms with E-state index in [1.165, 1.54) is 0 Å². The molecule has 0 aliphatic rings. The lowest BCUT2D eigenvalue weighted by Crippen LogP contribution is -2.26. The van der Waals surface area contributed by atoms with Gasteiger partial charge in [0, 0.05) is 6.07 Å². The zero-order valence-corrected chi connectivity index (χ0v) is 13.2. The van der Waals surface area contributed by atoms with Gasteiger partial charge in [-0.3, -0.25) is 4.79 Å². The van der Waals surface area contributed by atoms with Gasteiger partial charge in [0.25, 0.3) is 5.91 Å². The minimum atomic E-state index is -0.305. The van der Waals surface area contributed by atoms with E-state index >= 15 is 0 Å². The number of nitrogens with one attached hydrogen (secondary N) is 1. The number of carbonyl (C=O) groups is 1. The highest BCUT2D eigenvalue weighted by Gasteiger charge is 2.16. The molecular formula is C16H20N2O4. The molecule has 0 radical (unpaired) electrons. The van der Waals surface area contributed by atoms with Crippen molar-refractivity contribution in [2.45, 2.75) is 26.8 Å². The monoisotopic (exact) mass is 304 g/mol. The fourth-order valence-corrected chi connectivity index (χ4v) is 2.05. The van der Waals surface area contributed by atoms with Gasteiger partial charge < -0.3 is 19.3 Å². The summed E-state index contributed by atoms with van der Waals surface area (Å²) in [7, 11) is 1.59. The number of aryl methyl sites for hydroxylation is 1. The molecule has 0 spiro atoms. The van der Waals surface area contributed by atoms with Crippen LogP contribution >= 0.6 is 0 Å². The molecule has 0 aliphatic heterocycles. The number of aromatic nitrogens is 1. The fourth-order valence-electron chi connectivity index (χ4n) is 2.05. The van der Waals surface area contributed by atoms with Gasteiger partial charge in [0.1, 0.15) is 0 Å². The Labute approximate surface area is 129 Å². The molecule has 6 nitrogen and oxygen atoms in total. The quantitative estimate of drug-likeness (QED) is 0.888. The highest BCUT2D eigenvalue weighted by molar-refractivity contribution is 5.91. The largest absolute Gasteiger partial charge is 0.493 e. The van der Waals surface area contributed by atoms with Crippen molar-refractivity contribution in [1.82, 2.24) is 10.5 Å². The van der Waals surface area contributed by atoms with Gasteiger partial charge in [0.2, 0.25) is 5.76 Å². The van der Waals surface area contributed by atoms with E-state index < -0.39 is 0 Å². The van der Waals surface area contributed by atoms with Gasteiger partial charge in [0.05, 0.1) is 25.5 Å². The molecule has 1 aromatic heterocycles. The number of rotatable bonds is 6. The van der Waals surface area contributed by atoms with Crippen molar-refractivity contribution in [3.8, 4) is 11.5 Å². The first-order chi connectivity index (χ1) is 10.5. The normalized spacial score (nSPS) is 11.8. The zero-order chi connectivity index (χ0) is 16.1. The Hall–Kier alpha value is -2.50. The van der Waals surface area contributed by atoms with Gasteiger partial charge >= 0.3 is 0 Å². The van der Waals surface area contributed by atoms with E-state index in [1.807, 2.05) is 32.0 Å². The van der Waals surface area contributed by atoms with Crippen LogP contribution in [-0.2, 0) is 0 Å². The minimum absolute atomic E-state index is 0.197. The smallest absolute Gasteiger partial charge is 0.290 e. The van der Waals surface area contributed by atoms with Gasteiger partial charge in [-0.05, 0) is 38.5 Å². The van der Waals surface area contributed by atoms with E-state index in [4.69, 9.17) is 14.0 Å². The fraction of sp³-hybridized carbons (Fsp3) is 0.375. The van der Waals surface area contributed by atoms with Crippen molar-refractivity contribution in [1.29, 1.82) is 0 Å². The lowest BCUT2D eigenvalue weighted by atomic mass is 10.1. The van der Waals surface area contributed by atoms with E-state index in [-0.39, 0.29) is 17.7 Å². The molecule has 0 saturated heterocycles. The van der Waals surface area contributed by atoms with Gasteiger partial charge in [-0.15, -0.1) is 0 Å². The first-order valence-electron chi connectivity index (χ1n) is 7.10. The van der Waals surface area contributed by atoms with E-state index in [2.05, 4.69) is 10.5 Å². The Morgan fingerprint density at radius 2 is 2.14 bits per heavy atom. The molecule has 6 heteroatoms. The van der Waals surface area contributed by atoms with Crippen LogP contribution in [-0.4, -0.2) is 24.8 Å². The summed E-state index contributed by atoms with van der Waals surface area (Å²) in [6.45, 7) is 6.12. The Balaban J connectivity index is 2.12. The maximum atomic E-state index is 12.1. The van der Waals surface area contributed by atoms with Crippen molar-refractivity contribution in [2.24, 2.45) is 0 Å².